The average molecular weight is 210 g/mol. The number of carbonyl (C=O) groups is 1. The predicted molar refractivity (Wildman–Crippen MR) is 53.1 cm³/mol. The van der Waals surface area contributed by atoms with Crippen LogP contribution in [0.25, 0.3) is 10.1 Å². The van der Waals surface area contributed by atoms with Gasteiger partial charge in [-0.3, -0.25) is 0 Å². The molecule has 2 rings (SSSR count). The van der Waals surface area contributed by atoms with E-state index in [-0.39, 0.29) is 11.4 Å². The summed E-state index contributed by atoms with van der Waals surface area (Å²) in [5.74, 6) is -0.900. The average Bonchev–Trinajstić information content (AvgIpc) is 2.64. The summed E-state index contributed by atoms with van der Waals surface area (Å²) in [6, 6.07) is 4.52. The Labute approximate surface area is 83.9 Å². The maximum atomic E-state index is 13.4. The van der Waals surface area contributed by atoms with Gasteiger partial charge in [0, 0.05) is 10.1 Å². The summed E-state index contributed by atoms with van der Waals surface area (Å²) in [4.78, 5) is 11.1. The number of halogens is 1. The van der Waals surface area contributed by atoms with Crippen LogP contribution in [0.5, 0.6) is 0 Å². The fourth-order valence-electron chi connectivity index (χ4n) is 1.26. The van der Waals surface area contributed by atoms with Crippen molar-refractivity contribution in [3.05, 3.63) is 35.0 Å². The summed E-state index contributed by atoms with van der Waals surface area (Å²) in [6.07, 6.45) is 0. The Kier molecular flexibility index (Phi) is 2.21. The third kappa shape index (κ3) is 1.37. The SMILES string of the molecule is COC(=O)c1cc(F)c2ccsc2c1. The highest BCUT2D eigenvalue weighted by Crippen LogP contribution is 2.25. The van der Waals surface area contributed by atoms with Gasteiger partial charge < -0.3 is 4.74 Å². The van der Waals surface area contributed by atoms with E-state index in [2.05, 4.69) is 4.74 Å². The number of hydrogen-bond donors (Lipinski definition) is 0. The van der Waals surface area contributed by atoms with E-state index in [0.717, 1.165) is 4.70 Å². The lowest BCUT2D eigenvalue weighted by Gasteiger charge is -1.99. The van der Waals surface area contributed by atoms with Gasteiger partial charge >= 0.3 is 5.97 Å². The molecular weight excluding hydrogens is 203 g/mol. The Morgan fingerprint density at radius 1 is 1.50 bits per heavy atom. The monoisotopic (exact) mass is 210 g/mol. The minimum atomic E-state index is -0.515. The van der Waals surface area contributed by atoms with Crippen molar-refractivity contribution in [3.63, 3.8) is 0 Å². The van der Waals surface area contributed by atoms with E-state index in [1.165, 1.54) is 24.5 Å². The van der Waals surface area contributed by atoms with Crippen LogP contribution in [0.3, 0.4) is 0 Å². The molecule has 0 aliphatic carbocycles. The standard InChI is InChI=1S/C10H7FO2S/c1-13-10(12)6-4-8(11)7-2-3-14-9(7)5-6/h2-5H,1H3. The van der Waals surface area contributed by atoms with E-state index >= 15 is 0 Å². The van der Waals surface area contributed by atoms with E-state index < -0.39 is 5.97 Å². The molecule has 0 N–H and O–H groups in total. The minimum absolute atomic E-state index is 0.250. The molecule has 0 fully saturated rings. The zero-order chi connectivity index (χ0) is 10.1. The number of methoxy groups -OCH3 is 1. The first-order valence-corrected chi connectivity index (χ1v) is 4.85. The van der Waals surface area contributed by atoms with Crippen molar-refractivity contribution in [2.24, 2.45) is 0 Å². The van der Waals surface area contributed by atoms with Crippen LogP contribution in [0.4, 0.5) is 4.39 Å². The number of thiophene rings is 1. The fourth-order valence-corrected chi connectivity index (χ4v) is 2.10. The predicted octanol–water partition coefficient (Wildman–Crippen LogP) is 2.83. The van der Waals surface area contributed by atoms with Crippen molar-refractivity contribution >= 4 is 27.4 Å². The second-order valence-electron chi connectivity index (χ2n) is 2.78. The van der Waals surface area contributed by atoms with Gasteiger partial charge in [-0.2, -0.15) is 0 Å². The molecule has 0 amide bonds. The summed E-state index contributed by atoms with van der Waals surface area (Å²) in [5, 5.41) is 2.33. The second kappa shape index (κ2) is 3.38. The van der Waals surface area contributed by atoms with Crippen LogP contribution in [-0.2, 0) is 4.74 Å². The molecule has 0 radical (unpaired) electrons. The topological polar surface area (TPSA) is 26.3 Å². The van der Waals surface area contributed by atoms with Crippen LogP contribution < -0.4 is 0 Å². The lowest BCUT2D eigenvalue weighted by atomic mass is 10.2. The number of esters is 1. The Balaban J connectivity index is 2.64. The number of rotatable bonds is 1. The number of hydrogen-bond acceptors (Lipinski definition) is 3. The van der Waals surface area contributed by atoms with Crippen LogP contribution in [0.2, 0.25) is 0 Å². The van der Waals surface area contributed by atoms with E-state index in [1.54, 1.807) is 17.5 Å². The normalized spacial score (nSPS) is 10.4. The Morgan fingerprint density at radius 3 is 3.00 bits per heavy atom. The highest BCUT2D eigenvalue weighted by molar-refractivity contribution is 7.17. The molecule has 0 aliphatic heterocycles. The molecule has 72 valence electrons. The number of ether oxygens (including phenoxy) is 1. The molecule has 0 bridgehead atoms. The summed E-state index contributed by atoms with van der Waals surface area (Å²) >= 11 is 1.40. The van der Waals surface area contributed by atoms with Crippen molar-refractivity contribution in [2.75, 3.05) is 7.11 Å². The first-order valence-electron chi connectivity index (χ1n) is 3.97. The van der Waals surface area contributed by atoms with E-state index in [9.17, 15) is 9.18 Å². The number of fused-ring (bicyclic) bond motifs is 1. The summed E-state index contributed by atoms with van der Waals surface area (Å²) in [6.45, 7) is 0. The first-order chi connectivity index (χ1) is 6.72. The molecule has 2 aromatic rings. The van der Waals surface area contributed by atoms with Crippen LogP contribution in [0.15, 0.2) is 23.6 Å². The second-order valence-corrected chi connectivity index (χ2v) is 3.73. The molecule has 14 heavy (non-hydrogen) atoms. The molecule has 4 heteroatoms. The summed E-state index contributed by atoms with van der Waals surface area (Å²) in [7, 11) is 1.28. The molecule has 0 spiro atoms. The molecule has 0 aliphatic rings. The fraction of sp³-hybridized carbons (Fsp3) is 0.100. The third-order valence-electron chi connectivity index (χ3n) is 1.94. The van der Waals surface area contributed by atoms with Crippen LogP contribution >= 0.6 is 11.3 Å². The van der Waals surface area contributed by atoms with Gasteiger partial charge in [0.1, 0.15) is 5.82 Å². The van der Waals surface area contributed by atoms with Gasteiger partial charge in [-0.05, 0) is 23.6 Å². The lowest BCUT2D eigenvalue weighted by molar-refractivity contribution is 0.0600. The smallest absolute Gasteiger partial charge is 0.338 e. The summed E-state index contributed by atoms with van der Waals surface area (Å²) < 4.78 is 18.6. The van der Waals surface area contributed by atoms with Crippen molar-refractivity contribution in [2.45, 2.75) is 0 Å². The maximum Gasteiger partial charge on any atom is 0.338 e. The first kappa shape index (κ1) is 9.15. The van der Waals surface area contributed by atoms with Crippen molar-refractivity contribution in [1.82, 2.24) is 0 Å². The minimum Gasteiger partial charge on any atom is -0.465 e. The molecular formula is C10H7FO2S. The molecule has 2 nitrogen and oxygen atoms in total. The molecule has 1 aromatic carbocycles. The van der Waals surface area contributed by atoms with Crippen LogP contribution in [0, 0.1) is 5.82 Å². The lowest BCUT2D eigenvalue weighted by Crippen LogP contribution is -2.01. The number of carbonyl (C=O) groups excluding carboxylic acids is 1. The van der Waals surface area contributed by atoms with E-state index in [4.69, 9.17) is 0 Å². The Bertz CT molecular complexity index is 490. The summed E-state index contributed by atoms with van der Waals surface area (Å²) in [5.41, 5.74) is 0.250. The molecule has 1 aromatic heterocycles. The van der Waals surface area contributed by atoms with E-state index in [0.29, 0.717) is 5.39 Å². The van der Waals surface area contributed by atoms with Gasteiger partial charge in [-0.15, -0.1) is 11.3 Å². The quantitative estimate of drug-likeness (QED) is 0.676. The maximum absolute atomic E-state index is 13.4. The molecule has 0 saturated heterocycles. The highest BCUT2D eigenvalue weighted by Gasteiger charge is 2.10. The molecule has 0 atom stereocenters. The Morgan fingerprint density at radius 2 is 2.29 bits per heavy atom. The molecule has 0 saturated carbocycles. The zero-order valence-corrected chi connectivity index (χ0v) is 8.23. The largest absolute Gasteiger partial charge is 0.465 e. The van der Waals surface area contributed by atoms with Crippen molar-refractivity contribution < 1.29 is 13.9 Å². The van der Waals surface area contributed by atoms with Crippen molar-refractivity contribution in [1.29, 1.82) is 0 Å². The molecule has 0 unspecified atom stereocenters. The highest BCUT2D eigenvalue weighted by atomic mass is 32.1. The van der Waals surface area contributed by atoms with Gasteiger partial charge in [0.15, 0.2) is 0 Å². The van der Waals surface area contributed by atoms with Crippen LogP contribution in [0.1, 0.15) is 10.4 Å². The van der Waals surface area contributed by atoms with Gasteiger partial charge in [0.25, 0.3) is 0 Å². The van der Waals surface area contributed by atoms with Gasteiger partial charge in [0.2, 0.25) is 0 Å². The molecule has 1 heterocycles. The van der Waals surface area contributed by atoms with Gasteiger partial charge in [0.05, 0.1) is 12.7 Å². The van der Waals surface area contributed by atoms with Crippen LogP contribution in [-0.4, -0.2) is 13.1 Å². The van der Waals surface area contributed by atoms with Gasteiger partial charge in [-0.25, -0.2) is 9.18 Å². The zero-order valence-electron chi connectivity index (χ0n) is 7.41. The third-order valence-corrected chi connectivity index (χ3v) is 2.81. The van der Waals surface area contributed by atoms with E-state index in [1.807, 2.05) is 0 Å². The number of benzene rings is 1. The van der Waals surface area contributed by atoms with Gasteiger partial charge in [-0.1, -0.05) is 0 Å². The van der Waals surface area contributed by atoms with Crippen molar-refractivity contribution in [3.8, 4) is 0 Å². The Hall–Kier alpha value is -1.42.